The lowest BCUT2D eigenvalue weighted by Gasteiger charge is -2.11. The van der Waals surface area contributed by atoms with E-state index in [1.165, 1.54) is 12.1 Å². The van der Waals surface area contributed by atoms with Gasteiger partial charge in [-0.05, 0) is 35.9 Å². The van der Waals surface area contributed by atoms with Gasteiger partial charge in [0.25, 0.3) is 11.5 Å². The molecule has 2 N–H and O–H groups in total. The smallest absolute Gasteiger partial charge is 0.416 e. The lowest BCUT2D eigenvalue weighted by molar-refractivity contribution is -0.137. The van der Waals surface area contributed by atoms with Crippen LogP contribution in [0.2, 0.25) is 0 Å². The quantitative estimate of drug-likeness (QED) is 0.505. The topological polar surface area (TPSA) is 112 Å². The number of halogens is 3. The fourth-order valence-electron chi connectivity index (χ4n) is 3.23. The first-order chi connectivity index (χ1) is 16.2. The van der Waals surface area contributed by atoms with E-state index in [2.05, 4.69) is 10.3 Å². The lowest BCUT2D eigenvalue weighted by Crippen LogP contribution is -2.41. The summed E-state index contributed by atoms with van der Waals surface area (Å²) in [6.45, 7) is -0.255. The average molecular weight is 477 g/mol. The Morgan fingerprint density at radius 2 is 1.91 bits per heavy atom. The van der Waals surface area contributed by atoms with Crippen LogP contribution in [0.5, 0.6) is 17.2 Å². The highest BCUT2D eigenvalue weighted by atomic mass is 19.4. The van der Waals surface area contributed by atoms with Gasteiger partial charge in [-0.3, -0.25) is 14.2 Å². The Morgan fingerprint density at radius 3 is 2.71 bits per heavy atom. The van der Waals surface area contributed by atoms with Crippen LogP contribution < -0.4 is 30.8 Å². The highest BCUT2D eigenvalue weighted by molar-refractivity contribution is 5.93. The Kier molecular flexibility index (Phi) is 6.30. The van der Waals surface area contributed by atoms with Crippen LogP contribution in [0.15, 0.2) is 58.3 Å². The van der Waals surface area contributed by atoms with Crippen LogP contribution in [0.1, 0.15) is 21.5 Å². The largest absolute Gasteiger partial charge is 0.492 e. The molecule has 2 heterocycles. The van der Waals surface area contributed by atoms with Crippen molar-refractivity contribution in [2.24, 2.45) is 0 Å². The van der Waals surface area contributed by atoms with Gasteiger partial charge in [0, 0.05) is 6.20 Å². The minimum Gasteiger partial charge on any atom is -0.492 e. The van der Waals surface area contributed by atoms with E-state index in [1.54, 1.807) is 18.2 Å². The zero-order valence-corrected chi connectivity index (χ0v) is 17.5. The number of ether oxygens (including phenoxy) is 3. The van der Waals surface area contributed by atoms with Crippen LogP contribution in [-0.4, -0.2) is 35.4 Å². The molecule has 0 fully saturated rings. The number of hydrogen-bond acceptors (Lipinski definition) is 6. The second-order valence-corrected chi connectivity index (χ2v) is 7.22. The molecule has 4 rings (SSSR count). The molecule has 0 aliphatic carbocycles. The van der Waals surface area contributed by atoms with Gasteiger partial charge in [-0.1, -0.05) is 12.1 Å². The van der Waals surface area contributed by atoms with Crippen LogP contribution >= 0.6 is 0 Å². The normalized spacial score (nSPS) is 12.4. The van der Waals surface area contributed by atoms with E-state index in [4.69, 9.17) is 14.2 Å². The number of aromatic nitrogens is 2. The number of carbonyl (C=O) groups is 1. The number of nitrogens with one attached hydrogen (secondary N) is 2. The summed E-state index contributed by atoms with van der Waals surface area (Å²) in [5.74, 6) is 0.245. The summed E-state index contributed by atoms with van der Waals surface area (Å²) in [6.07, 6.45) is -3.50. The highest BCUT2D eigenvalue weighted by Gasteiger charge is 2.30. The molecule has 0 atom stereocenters. The Labute approximate surface area is 189 Å². The maximum absolute atomic E-state index is 12.8. The van der Waals surface area contributed by atoms with Crippen molar-refractivity contribution >= 4 is 5.91 Å². The number of fused-ring (bicyclic) bond motifs is 1. The number of rotatable bonds is 7. The Bertz CT molecular complexity index is 1330. The maximum atomic E-state index is 12.8. The average Bonchev–Trinajstić information content (AvgIpc) is 3.27. The number of aromatic amines is 1. The van der Waals surface area contributed by atoms with Crippen LogP contribution in [-0.2, 0) is 12.7 Å². The summed E-state index contributed by atoms with van der Waals surface area (Å²) in [6, 6.07) is 9.27. The van der Waals surface area contributed by atoms with Crippen molar-refractivity contribution in [3.8, 4) is 17.2 Å². The van der Waals surface area contributed by atoms with E-state index in [-0.39, 0.29) is 37.8 Å². The fourth-order valence-corrected chi connectivity index (χ4v) is 3.23. The predicted octanol–water partition coefficient (Wildman–Crippen LogP) is 2.14. The van der Waals surface area contributed by atoms with Crippen LogP contribution in [0.3, 0.4) is 0 Å². The number of benzene rings is 2. The van der Waals surface area contributed by atoms with Gasteiger partial charge < -0.3 is 24.5 Å². The zero-order valence-electron chi connectivity index (χ0n) is 17.5. The highest BCUT2D eigenvalue weighted by Crippen LogP contribution is 2.33. The Morgan fingerprint density at radius 1 is 1.12 bits per heavy atom. The second kappa shape index (κ2) is 9.33. The van der Waals surface area contributed by atoms with Crippen molar-refractivity contribution in [1.29, 1.82) is 0 Å². The van der Waals surface area contributed by atoms with Gasteiger partial charge >= 0.3 is 11.9 Å². The Balaban J connectivity index is 1.39. The molecule has 1 aliphatic heterocycles. The second-order valence-electron chi connectivity index (χ2n) is 7.22. The molecule has 2 aromatic carbocycles. The molecule has 0 spiro atoms. The van der Waals surface area contributed by atoms with Gasteiger partial charge in [-0.25, -0.2) is 4.79 Å². The number of carbonyl (C=O) groups excluding carboxylic acids is 1. The molecule has 3 aromatic rings. The third-order valence-corrected chi connectivity index (χ3v) is 4.90. The summed E-state index contributed by atoms with van der Waals surface area (Å²) >= 11 is 0. The maximum Gasteiger partial charge on any atom is 0.416 e. The number of alkyl halides is 3. The first kappa shape index (κ1) is 23.0. The third-order valence-electron chi connectivity index (χ3n) is 4.90. The van der Waals surface area contributed by atoms with E-state index in [1.807, 2.05) is 0 Å². The van der Waals surface area contributed by atoms with E-state index in [9.17, 15) is 27.6 Å². The monoisotopic (exact) mass is 477 g/mol. The SMILES string of the molecule is O=C(NCCOc1cccc(C(F)(F)F)c1)c1c[nH]c(=O)n(Cc2ccc3c(c2)OCO3)c1=O. The van der Waals surface area contributed by atoms with Gasteiger partial charge in [-0.15, -0.1) is 0 Å². The molecule has 178 valence electrons. The molecule has 0 radical (unpaired) electrons. The van der Waals surface area contributed by atoms with Gasteiger partial charge in [0.05, 0.1) is 18.7 Å². The number of hydrogen-bond donors (Lipinski definition) is 2. The lowest BCUT2D eigenvalue weighted by atomic mass is 10.2. The van der Waals surface area contributed by atoms with Crippen molar-refractivity contribution < 1.29 is 32.2 Å². The van der Waals surface area contributed by atoms with Crippen molar-refractivity contribution in [2.45, 2.75) is 12.7 Å². The van der Waals surface area contributed by atoms with E-state index < -0.39 is 28.9 Å². The number of nitrogens with zero attached hydrogens (tertiary/aromatic N) is 1. The van der Waals surface area contributed by atoms with E-state index in [0.29, 0.717) is 17.1 Å². The molecular formula is C22H18F3N3O6. The van der Waals surface area contributed by atoms with Crippen molar-refractivity contribution in [2.75, 3.05) is 19.9 Å². The molecule has 0 saturated heterocycles. The van der Waals surface area contributed by atoms with E-state index in [0.717, 1.165) is 22.9 Å². The summed E-state index contributed by atoms with van der Waals surface area (Å²) in [5, 5.41) is 2.44. The molecule has 0 bridgehead atoms. The first-order valence-electron chi connectivity index (χ1n) is 10.0. The molecular weight excluding hydrogens is 459 g/mol. The van der Waals surface area contributed by atoms with Gasteiger partial charge in [-0.2, -0.15) is 13.2 Å². The third kappa shape index (κ3) is 5.05. The summed E-state index contributed by atoms with van der Waals surface area (Å²) in [4.78, 5) is 39.7. The van der Waals surface area contributed by atoms with Gasteiger partial charge in [0.1, 0.15) is 17.9 Å². The summed E-state index contributed by atoms with van der Waals surface area (Å²) in [7, 11) is 0. The molecule has 1 aliphatic rings. The molecule has 0 unspecified atom stereocenters. The standard InChI is InChI=1S/C22H18F3N3O6/c23-22(24,25)14-2-1-3-15(9-14)32-7-6-26-19(29)16-10-27-21(31)28(20(16)30)11-13-4-5-17-18(8-13)34-12-33-17/h1-5,8-10H,6-7,11-12H2,(H,26,29)(H,27,31). The number of H-pyrrole nitrogens is 1. The van der Waals surface area contributed by atoms with Crippen molar-refractivity contribution in [3.05, 3.63) is 86.2 Å². The molecule has 1 aromatic heterocycles. The van der Waals surface area contributed by atoms with Crippen molar-refractivity contribution in [1.82, 2.24) is 14.9 Å². The molecule has 0 saturated carbocycles. The van der Waals surface area contributed by atoms with Crippen LogP contribution in [0.25, 0.3) is 0 Å². The molecule has 1 amide bonds. The Hall–Kier alpha value is -4.22. The van der Waals surface area contributed by atoms with Gasteiger partial charge in [0.2, 0.25) is 6.79 Å². The molecule has 34 heavy (non-hydrogen) atoms. The summed E-state index contributed by atoms with van der Waals surface area (Å²) < 4.78 is 54.9. The summed E-state index contributed by atoms with van der Waals surface area (Å²) in [5.41, 5.74) is -2.08. The van der Waals surface area contributed by atoms with Crippen LogP contribution in [0.4, 0.5) is 13.2 Å². The number of amides is 1. The van der Waals surface area contributed by atoms with E-state index >= 15 is 0 Å². The zero-order chi connectivity index (χ0) is 24.3. The minimum absolute atomic E-state index is 0.0146. The van der Waals surface area contributed by atoms with Gasteiger partial charge in [0.15, 0.2) is 11.5 Å². The fraction of sp³-hybridized carbons (Fsp3) is 0.227. The molecule has 12 heteroatoms. The van der Waals surface area contributed by atoms with Crippen LogP contribution in [0, 0.1) is 0 Å². The first-order valence-corrected chi connectivity index (χ1v) is 10.0. The predicted molar refractivity (Wildman–Crippen MR) is 112 cm³/mol. The minimum atomic E-state index is -4.50. The van der Waals surface area contributed by atoms with Crippen molar-refractivity contribution in [3.63, 3.8) is 0 Å². The molecule has 9 nitrogen and oxygen atoms in total.